The summed E-state index contributed by atoms with van der Waals surface area (Å²) in [6, 6.07) is 2.20. The van der Waals surface area contributed by atoms with Gasteiger partial charge in [-0.2, -0.15) is 0 Å². The van der Waals surface area contributed by atoms with Gasteiger partial charge < -0.3 is 9.80 Å². The molecule has 0 saturated carbocycles. The Bertz CT molecular complexity index is 787. The Morgan fingerprint density at radius 3 is 1.91 bits per heavy atom. The van der Waals surface area contributed by atoms with Crippen molar-refractivity contribution in [2.24, 2.45) is 10.3 Å². The average Bonchev–Trinajstić information content (AvgIpc) is 2.36. The Balaban J connectivity index is 2.61. The second-order valence-electron chi connectivity index (χ2n) is 5.13. The maximum absolute atomic E-state index is 11.8. The molecule has 0 amide bonds. The number of benzene rings is 1. The van der Waals surface area contributed by atoms with Crippen molar-refractivity contribution in [3.63, 3.8) is 0 Å². The number of halogens is 1. The SMILES string of the molecule is CN1CCN(c2cc(Cl)c(S(N)(=O)=O)cc2S(N)(=O)=O)CC1. The lowest BCUT2D eigenvalue weighted by molar-refractivity contribution is 0.312. The molecule has 1 aromatic carbocycles. The van der Waals surface area contributed by atoms with Crippen LogP contribution in [0.15, 0.2) is 21.9 Å². The number of nitrogens with zero attached hydrogens (tertiary/aromatic N) is 2. The first kappa shape index (κ1) is 17.4. The molecular weight excluding hydrogens is 352 g/mol. The van der Waals surface area contributed by atoms with E-state index < -0.39 is 24.9 Å². The van der Waals surface area contributed by atoms with E-state index in [4.69, 9.17) is 21.9 Å². The number of nitrogens with two attached hydrogens (primary N) is 2. The minimum Gasteiger partial charge on any atom is -0.368 e. The largest absolute Gasteiger partial charge is 0.368 e. The fraction of sp³-hybridized carbons (Fsp3) is 0.455. The lowest BCUT2D eigenvalue weighted by Gasteiger charge is -2.35. The summed E-state index contributed by atoms with van der Waals surface area (Å²) < 4.78 is 46.6. The van der Waals surface area contributed by atoms with Crippen molar-refractivity contribution in [3.05, 3.63) is 17.2 Å². The van der Waals surface area contributed by atoms with E-state index >= 15 is 0 Å². The van der Waals surface area contributed by atoms with Gasteiger partial charge in [-0.15, -0.1) is 0 Å². The average molecular weight is 369 g/mol. The van der Waals surface area contributed by atoms with Crippen LogP contribution in [-0.4, -0.2) is 55.0 Å². The van der Waals surface area contributed by atoms with Crippen LogP contribution in [0.1, 0.15) is 0 Å². The summed E-state index contributed by atoms with van der Waals surface area (Å²) in [5, 5.41) is 10.1. The van der Waals surface area contributed by atoms with Gasteiger partial charge in [0.05, 0.1) is 10.7 Å². The molecule has 0 radical (unpaired) electrons. The molecule has 1 fully saturated rings. The van der Waals surface area contributed by atoms with E-state index in [0.717, 1.165) is 19.2 Å². The van der Waals surface area contributed by atoms with Crippen molar-refractivity contribution < 1.29 is 16.8 Å². The van der Waals surface area contributed by atoms with Crippen LogP contribution in [0.4, 0.5) is 5.69 Å². The predicted molar refractivity (Wildman–Crippen MR) is 83.9 cm³/mol. The molecule has 4 N–H and O–H groups in total. The molecule has 1 aliphatic rings. The van der Waals surface area contributed by atoms with Gasteiger partial charge >= 0.3 is 0 Å². The van der Waals surface area contributed by atoms with E-state index in [1.165, 1.54) is 6.07 Å². The van der Waals surface area contributed by atoms with Crippen LogP contribution in [0.2, 0.25) is 5.02 Å². The van der Waals surface area contributed by atoms with Crippen molar-refractivity contribution in [1.29, 1.82) is 0 Å². The summed E-state index contributed by atoms with van der Waals surface area (Å²) in [5.41, 5.74) is 0.285. The van der Waals surface area contributed by atoms with E-state index in [1.54, 1.807) is 4.90 Å². The molecular formula is C11H17ClN4O4S2. The van der Waals surface area contributed by atoms with Gasteiger partial charge in [-0.1, -0.05) is 11.6 Å². The van der Waals surface area contributed by atoms with Gasteiger partial charge in [0.15, 0.2) is 0 Å². The van der Waals surface area contributed by atoms with Crippen LogP contribution in [0.3, 0.4) is 0 Å². The molecule has 0 atom stereocenters. The lowest BCUT2D eigenvalue weighted by Crippen LogP contribution is -2.45. The van der Waals surface area contributed by atoms with Gasteiger partial charge in [-0.3, -0.25) is 0 Å². The number of rotatable bonds is 3. The predicted octanol–water partition coefficient (Wildman–Crippen LogP) is -0.613. The number of anilines is 1. The zero-order valence-electron chi connectivity index (χ0n) is 11.9. The second kappa shape index (κ2) is 5.95. The molecule has 0 unspecified atom stereocenters. The topological polar surface area (TPSA) is 127 Å². The van der Waals surface area contributed by atoms with Gasteiger partial charge in [0.1, 0.15) is 9.79 Å². The number of likely N-dealkylation sites (N-methyl/N-ethyl adjacent to an activating group) is 1. The van der Waals surface area contributed by atoms with Crippen molar-refractivity contribution in [2.45, 2.75) is 9.79 Å². The highest BCUT2D eigenvalue weighted by Gasteiger charge is 2.26. The summed E-state index contributed by atoms with van der Waals surface area (Å²) in [6.45, 7) is 2.62. The highest BCUT2D eigenvalue weighted by Crippen LogP contribution is 2.33. The molecule has 0 aliphatic carbocycles. The fourth-order valence-corrected chi connectivity index (χ4v) is 4.19. The summed E-state index contributed by atoms with van der Waals surface area (Å²) in [6.07, 6.45) is 0. The van der Waals surface area contributed by atoms with Crippen LogP contribution in [-0.2, 0) is 20.0 Å². The fourth-order valence-electron chi connectivity index (χ4n) is 2.26. The summed E-state index contributed by atoms with van der Waals surface area (Å²) >= 11 is 5.95. The van der Waals surface area contributed by atoms with Crippen molar-refractivity contribution >= 4 is 37.3 Å². The van der Waals surface area contributed by atoms with Gasteiger partial charge in [0, 0.05) is 26.2 Å². The molecule has 8 nitrogen and oxygen atoms in total. The van der Waals surface area contributed by atoms with Crippen LogP contribution in [0, 0.1) is 0 Å². The van der Waals surface area contributed by atoms with E-state index in [1.807, 2.05) is 7.05 Å². The molecule has 1 aromatic rings. The Morgan fingerprint density at radius 1 is 0.955 bits per heavy atom. The third kappa shape index (κ3) is 3.70. The summed E-state index contributed by atoms with van der Waals surface area (Å²) in [4.78, 5) is 3.13. The Kier molecular flexibility index (Phi) is 4.71. The van der Waals surface area contributed by atoms with E-state index in [-0.39, 0.29) is 15.6 Å². The maximum atomic E-state index is 11.8. The molecule has 1 heterocycles. The smallest absolute Gasteiger partial charge is 0.240 e. The van der Waals surface area contributed by atoms with Crippen LogP contribution >= 0.6 is 11.6 Å². The first-order valence-corrected chi connectivity index (χ1v) is 9.80. The number of piperazine rings is 1. The third-order valence-electron chi connectivity index (χ3n) is 3.47. The molecule has 0 spiro atoms. The molecule has 124 valence electrons. The molecule has 11 heteroatoms. The van der Waals surface area contributed by atoms with Gasteiger partial charge in [0.2, 0.25) is 20.0 Å². The normalized spacial score (nSPS) is 17.7. The Morgan fingerprint density at radius 2 is 1.45 bits per heavy atom. The zero-order valence-corrected chi connectivity index (χ0v) is 14.2. The highest BCUT2D eigenvalue weighted by atomic mass is 35.5. The van der Waals surface area contributed by atoms with Crippen molar-refractivity contribution in [3.8, 4) is 0 Å². The molecule has 22 heavy (non-hydrogen) atoms. The number of sulfonamides is 2. The molecule has 0 aromatic heterocycles. The Labute approximate surface area is 134 Å². The molecule has 1 saturated heterocycles. The molecule has 1 aliphatic heterocycles. The lowest BCUT2D eigenvalue weighted by atomic mass is 10.2. The van der Waals surface area contributed by atoms with Crippen molar-refractivity contribution in [1.82, 2.24) is 4.90 Å². The monoisotopic (exact) mass is 368 g/mol. The van der Waals surface area contributed by atoms with Gasteiger partial charge in [-0.25, -0.2) is 27.1 Å². The number of hydrogen-bond donors (Lipinski definition) is 2. The first-order chi connectivity index (χ1) is 10.00. The van der Waals surface area contributed by atoms with Gasteiger partial charge in [-0.05, 0) is 19.2 Å². The van der Waals surface area contributed by atoms with Crippen molar-refractivity contribution in [2.75, 3.05) is 38.1 Å². The van der Waals surface area contributed by atoms with Crippen LogP contribution < -0.4 is 15.2 Å². The second-order valence-corrected chi connectivity index (χ2v) is 8.60. The highest BCUT2D eigenvalue weighted by molar-refractivity contribution is 7.90. The standard InChI is InChI=1S/C11H17ClN4O4S2/c1-15-2-4-16(5-3-15)9-6-8(12)10(21(13,17)18)7-11(9)22(14,19)20/h6-7H,2-5H2,1H3,(H2,13,17,18)(H2,14,19,20). The maximum Gasteiger partial charge on any atom is 0.240 e. The van der Waals surface area contributed by atoms with E-state index in [9.17, 15) is 16.8 Å². The van der Waals surface area contributed by atoms with Crippen LogP contribution in [0.5, 0.6) is 0 Å². The Hall–Kier alpha value is -0.910. The van der Waals surface area contributed by atoms with E-state index in [0.29, 0.717) is 13.1 Å². The molecule has 2 rings (SSSR count). The minimum atomic E-state index is -4.15. The number of primary sulfonamides is 2. The van der Waals surface area contributed by atoms with Crippen LogP contribution in [0.25, 0.3) is 0 Å². The van der Waals surface area contributed by atoms with Gasteiger partial charge in [0.25, 0.3) is 0 Å². The zero-order chi connectivity index (χ0) is 16.7. The number of hydrogen-bond acceptors (Lipinski definition) is 6. The third-order valence-corrected chi connectivity index (χ3v) is 5.79. The quantitative estimate of drug-likeness (QED) is 0.732. The minimum absolute atomic E-state index is 0.135. The summed E-state index contributed by atoms with van der Waals surface area (Å²) in [5.74, 6) is 0. The summed E-state index contributed by atoms with van der Waals surface area (Å²) in [7, 11) is -6.33. The molecule has 0 bridgehead atoms. The first-order valence-electron chi connectivity index (χ1n) is 6.33. The van der Waals surface area contributed by atoms with E-state index in [2.05, 4.69) is 4.90 Å².